The average Bonchev–Trinajstić information content (AvgIpc) is 2.32. The maximum absolute atomic E-state index is 10.2. The third kappa shape index (κ3) is 4.89. The molecule has 2 atom stereocenters. The Balaban J connectivity index is 2.58. The largest absolute Gasteiger partial charge is 0.393 e. The van der Waals surface area contributed by atoms with E-state index in [1.165, 1.54) is 38.6 Å². The zero-order chi connectivity index (χ0) is 13.5. The van der Waals surface area contributed by atoms with E-state index < -0.39 is 0 Å². The van der Waals surface area contributed by atoms with Gasteiger partial charge < -0.3 is 5.11 Å². The second-order valence-corrected chi connectivity index (χ2v) is 6.43. The summed E-state index contributed by atoms with van der Waals surface area (Å²) in [4.78, 5) is 2.64. The third-order valence-electron chi connectivity index (χ3n) is 4.40. The van der Waals surface area contributed by atoms with Crippen LogP contribution in [0.2, 0.25) is 0 Å². The zero-order valence-corrected chi connectivity index (χ0v) is 12.9. The van der Waals surface area contributed by atoms with Crippen molar-refractivity contribution in [3.63, 3.8) is 0 Å². The van der Waals surface area contributed by atoms with Crippen molar-refractivity contribution in [3.8, 4) is 0 Å². The lowest BCUT2D eigenvalue weighted by Crippen LogP contribution is -2.43. The molecule has 0 radical (unpaired) electrons. The molecular formula is C16H33NO. The van der Waals surface area contributed by atoms with Crippen LogP contribution in [0, 0.1) is 11.8 Å². The Morgan fingerprint density at radius 1 is 1.11 bits per heavy atom. The monoisotopic (exact) mass is 255 g/mol. The van der Waals surface area contributed by atoms with Crippen LogP contribution in [0.15, 0.2) is 0 Å². The molecule has 1 aliphatic carbocycles. The first kappa shape index (κ1) is 16.0. The van der Waals surface area contributed by atoms with E-state index in [-0.39, 0.29) is 6.10 Å². The van der Waals surface area contributed by atoms with Crippen LogP contribution in [0.1, 0.15) is 66.2 Å². The number of hydrogen-bond donors (Lipinski definition) is 1. The maximum Gasteiger partial charge on any atom is 0.0580 e. The molecule has 108 valence electrons. The molecule has 0 amide bonds. The normalized spacial score (nSPS) is 25.3. The summed E-state index contributed by atoms with van der Waals surface area (Å²) in [5, 5.41) is 10.2. The van der Waals surface area contributed by atoms with E-state index in [9.17, 15) is 5.11 Å². The smallest absolute Gasteiger partial charge is 0.0580 e. The molecule has 1 rings (SSSR count). The predicted molar refractivity (Wildman–Crippen MR) is 78.7 cm³/mol. The molecule has 18 heavy (non-hydrogen) atoms. The fourth-order valence-electron chi connectivity index (χ4n) is 3.35. The number of nitrogens with zero attached hydrogens (tertiary/aromatic N) is 1. The minimum atomic E-state index is -0.0530. The van der Waals surface area contributed by atoms with Gasteiger partial charge in [0.15, 0.2) is 0 Å². The van der Waals surface area contributed by atoms with Crippen LogP contribution >= 0.6 is 0 Å². The standard InChI is InChI=1S/C16H33NO/c1-5-15(6-2)17(11-13(3)4)12-14-9-7-8-10-16(14)18/h13-16,18H,5-12H2,1-4H3. The van der Waals surface area contributed by atoms with Crippen molar-refractivity contribution in [2.24, 2.45) is 11.8 Å². The van der Waals surface area contributed by atoms with Crippen molar-refractivity contribution in [3.05, 3.63) is 0 Å². The molecular weight excluding hydrogens is 222 g/mol. The summed E-state index contributed by atoms with van der Waals surface area (Å²) in [7, 11) is 0. The van der Waals surface area contributed by atoms with E-state index >= 15 is 0 Å². The summed E-state index contributed by atoms with van der Waals surface area (Å²) >= 11 is 0. The summed E-state index contributed by atoms with van der Waals surface area (Å²) in [6.45, 7) is 11.5. The fourth-order valence-corrected chi connectivity index (χ4v) is 3.35. The quantitative estimate of drug-likeness (QED) is 0.750. The lowest BCUT2D eigenvalue weighted by molar-refractivity contribution is 0.0311. The highest BCUT2D eigenvalue weighted by Crippen LogP contribution is 2.26. The first-order valence-electron chi connectivity index (χ1n) is 8.00. The molecule has 0 bridgehead atoms. The molecule has 1 aliphatic rings. The van der Waals surface area contributed by atoms with Crippen molar-refractivity contribution in [1.82, 2.24) is 4.90 Å². The third-order valence-corrected chi connectivity index (χ3v) is 4.40. The summed E-state index contributed by atoms with van der Waals surface area (Å²) in [5.41, 5.74) is 0. The fraction of sp³-hybridized carbons (Fsp3) is 1.00. The van der Waals surface area contributed by atoms with Gasteiger partial charge in [-0.25, -0.2) is 0 Å². The van der Waals surface area contributed by atoms with Gasteiger partial charge in [-0.05, 0) is 37.5 Å². The van der Waals surface area contributed by atoms with Gasteiger partial charge in [-0.1, -0.05) is 40.5 Å². The Kier molecular flexibility index (Phi) is 7.25. The Hall–Kier alpha value is -0.0800. The minimum Gasteiger partial charge on any atom is -0.393 e. The molecule has 0 saturated heterocycles. The van der Waals surface area contributed by atoms with Crippen molar-refractivity contribution in [2.75, 3.05) is 13.1 Å². The highest BCUT2D eigenvalue weighted by molar-refractivity contribution is 4.80. The second-order valence-electron chi connectivity index (χ2n) is 6.43. The molecule has 1 fully saturated rings. The predicted octanol–water partition coefficient (Wildman–Crippen LogP) is 3.68. The summed E-state index contributed by atoms with van der Waals surface area (Å²) < 4.78 is 0. The van der Waals surface area contributed by atoms with Crippen LogP contribution in [-0.2, 0) is 0 Å². The molecule has 0 aromatic heterocycles. The summed E-state index contributed by atoms with van der Waals surface area (Å²) in [6.07, 6.45) is 7.16. The van der Waals surface area contributed by atoms with Gasteiger partial charge in [0.05, 0.1) is 6.10 Å². The van der Waals surface area contributed by atoms with E-state index in [0.29, 0.717) is 17.9 Å². The molecule has 0 aromatic carbocycles. The average molecular weight is 255 g/mol. The molecule has 1 N–H and O–H groups in total. The molecule has 0 aliphatic heterocycles. The summed E-state index contributed by atoms with van der Waals surface area (Å²) in [6, 6.07) is 0.696. The molecule has 1 saturated carbocycles. The lowest BCUT2D eigenvalue weighted by Gasteiger charge is -2.37. The van der Waals surface area contributed by atoms with Crippen molar-refractivity contribution < 1.29 is 5.11 Å². The van der Waals surface area contributed by atoms with Crippen LogP contribution in [-0.4, -0.2) is 35.2 Å². The van der Waals surface area contributed by atoms with Gasteiger partial charge in [-0.3, -0.25) is 4.90 Å². The van der Waals surface area contributed by atoms with Gasteiger partial charge in [-0.2, -0.15) is 0 Å². The number of aliphatic hydroxyl groups is 1. The van der Waals surface area contributed by atoms with E-state index in [1.54, 1.807) is 0 Å². The van der Waals surface area contributed by atoms with Gasteiger partial charge in [-0.15, -0.1) is 0 Å². The first-order chi connectivity index (χ1) is 8.58. The summed E-state index contributed by atoms with van der Waals surface area (Å²) in [5.74, 6) is 1.23. The highest BCUT2D eigenvalue weighted by Gasteiger charge is 2.27. The SMILES string of the molecule is CCC(CC)N(CC(C)C)CC1CCCCC1O. The van der Waals surface area contributed by atoms with Crippen molar-refractivity contribution in [1.29, 1.82) is 0 Å². The number of aliphatic hydroxyl groups excluding tert-OH is 1. The first-order valence-corrected chi connectivity index (χ1v) is 8.00. The molecule has 2 heteroatoms. The van der Waals surface area contributed by atoms with Crippen LogP contribution < -0.4 is 0 Å². The Morgan fingerprint density at radius 2 is 1.72 bits per heavy atom. The van der Waals surface area contributed by atoms with Crippen LogP contribution in [0.5, 0.6) is 0 Å². The van der Waals surface area contributed by atoms with Crippen molar-refractivity contribution >= 4 is 0 Å². The number of rotatable bonds is 7. The van der Waals surface area contributed by atoms with Gasteiger partial charge in [0.1, 0.15) is 0 Å². The van der Waals surface area contributed by atoms with Crippen molar-refractivity contribution in [2.45, 2.75) is 78.4 Å². The Morgan fingerprint density at radius 3 is 2.22 bits per heavy atom. The van der Waals surface area contributed by atoms with Crippen LogP contribution in [0.4, 0.5) is 0 Å². The molecule has 0 aromatic rings. The van der Waals surface area contributed by atoms with E-state index in [0.717, 1.165) is 13.0 Å². The molecule has 2 nitrogen and oxygen atoms in total. The molecule has 0 spiro atoms. The molecule has 2 unspecified atom stereocenters. The van der Waals surface area contributed by atoms with E-state index in [2.05, 4.69) is 32.6 Å². The maximum atomic E-state index is 10.2. The van der Waals surface area contributed by atoms with Gasteiger partial charge >= 0.3 is 0 Å². The van der Waals surface area contributed by atoms with Crippen LogP contribution in [0.25, 0.3) is 0 Å². The van der Waals surface area contributed by atoms with Gasteiger partial charge in [0.2, 0.25) is 0 Å². The minimum absolute atomic E-state index is 0.0530. The topological polar surface area (TPSA) is 23.5 Å². The van der Waals surface area contributed by atoms with Crippen LogP contribution in [0.3, 0.4) is 0 Å². The lowest BCUT2D eigenvalue weighted by atomic mass is 9.85. The van der Waals surface area contributed by atoms with E-state index in [1.807, 2.05) is 0 Å². The zero-order valence-electron chi connectivity index (χ0n) is 12.9. The Labute approximate surface area is 114 Å². The van der Waals surface area contributed by atoms with Gasteiger partial charge in [0.25, 0.3) is 0 Å². The van der Waals surface area contributed by atoms with E-state index in [4.69, 9.17) is 0 Å². The Bertz CT molecular complexity index is 213. The number of hydrogen-bond acceptors (Lipinski definition) is 2. The second kappa shape index (κ2) is 8.16. The highest BCUT2D eigenvalue weighted by atomic mass is 16.3. The molecule has 0 heterocycles. The van der Waals surface area contributed by atoms with Gasteiger partial charge in [0, 0.05) is 19.1 Å².